The SMILES string of the molecule is CC[C@@H](C)NC(=O)[C@H](C)N(Cc1cccc(Br)c1)C(=O)COc1ccccc1C. The number of halogens is 1. The molecule has 0 saturated heterocycles. The average Bonchev–Trinajstić information content (AvgIpc) is 2.70. The number of aryl methyl sites for hydroxylation is 1. The predicted octanol–water partition coefficient (Wildman–Crippen LogP) is 4.47. The fourth-order valence-corrected chi connectivity index (χ4v) is 3.27. The van der Waals surface area contributed by atoms with Crippen molar-refractivity contribution in [1.29, 1.82) is 0 Å². The Morgan fingerprint density at radius 1 is 1.14 bits per heavy atom. The normalized spacial score (nSPS) is 12.7. The third kappa shape index (κ3) is 6.89. The highest BCUT2D eigenvalue weighted by Crippen LogP contribution is 2.18. The highest BCUT2D eigenvalue weighted by molar-refractivity contribution is 9.10. The summed E-state index contributed by atoms with van der Waals surface area (Å²) in [6.07, 6.45) is 0.828. The molecule has 2 amide bonds. The van der Waals surface area contributed by atoms with E-state index in [1.807, 2.05) is 69.3 Å². The molecule has 1 N–H and O–H groups in total. The first-order valence-electron chi connectivity index (χ1n) is 9.84. The second kappa shape index (κ2) is 11.0. The van der Waals surface area contributed by atoms with Gasteiger partial charge in [0.15, 0.2) is 6.61 Å². The van der Waals surface area contributed by atoms with Crippen LogP contribution in [0.25, 0.3) is 0 Å². The molecule has 5 nitrogen and oxygen atoms in total. The first-order chi connectivity index (χ1) is 13.8. The number of nitrogens with zero attached hydrogens (tertiary/aromatic N) is 1. The van der Waals surface area contributed by atoms with E-state index in [0.717, 1.165) is 22.0 Å². The Morgan fingerprint density at radius 3 is 2.52 bits per heavy atom. The van der Waals surface area contributed by atoms with Crippen LogP contribution in [-0.2, 0) is 16.1 Å². The molecule has 0 radical (unpaired) electrons. The molecule has 156 valence electrons. The maximum Gasteiger partial charge on any atom is 0.261 e. The standard InChI is InChI=1S/C23H29BrN2O3/c1-5-17(3)25-23(28)18(4)26(14-19-10-8-11-20(24)13-19)22(27)15-29-21-12-7-6-9-16(21)2/h6-13,17-18H,5,14-15H2,1-4H3,(H,25,28)/t17-,18+/m1/s1. The molecule has 0 aromatic heterocycles. The maximum absolute atomic E-state index is 13.0. The van der Waals surface area contributed by atoms with Crippen LogP contribution in [0.15, 0.2) is 53.0 Å². The van der Waals surface area contributed by atoms with Gasteiger partial charge in [0, 0.05) is 17.1 Å². The summed E-state index contributed by atoms with van der Waals surface area (Å²) >= 11 is 3.46. The summed E-state index contributed by atoms with van der Waals surface area (Å²) in [5.74, 6) is 0.263. The molecule has 0 bridgehead atoms. The molecule has 29 heavy (non-hydrogen) atoms. The lowest BCUT2D eigenvalue weighted by Gasteiger charge is -2.29. The van der Waals surface area contributed by atoms with Crippen LogP contribution in [0.1, 0.15) is 38.3 Å². The Morgan fingerprint density at radius 2 is 1.86 bits per heavy atom. The molecule has 2 atom stereocenters. The Kier molecular flexibility index (Phi) is 8.70. The van der Waals surface area contributed by atoms with Crippen molar-refractivity contribution in [1.82, 2.24) is 10.2 Å². The molecule has 0 spiro atoms. The Labute approximate surface area is 181 Å². The van der Waals surface area contributed by atoms with Crippen LogP contribution in [-0.4, -0.2) is 35.4 Å². The molecule has 2 aromatic carbocycles. The molecule has 6 heteroatoms. The largest absolute Gasteiger partial charge is 0.484 e. The second-order valence-corrected chi connectivity index (χ2v) is 8.12. The summed E-state index contributed by atoms with van der Waals surface area (Å²) in [4.78, 5) is 27.3. The Balaban J connectivity index is 2.17. The molecule has 0 aliphatic carbocycles. The van der Waals surface area contributed by atoms with Crippen molar-refractivity contribution in [2.75, 3.05) is 6.61 Å². The lowest BCUT2D eigenvalue weighted by Crippen LogP contribution is -2.50. The summed E-state index contributed by atoms with van der Waals surface area (Å²) < 4.78 is 6.67. The van der Waals surface area contributed by atoms with Crippen LogP contribution >= 0.6 is 15.9 Å². The van der Waals surface area contributed by atoms with Gasteiger partial charge in [0.25, 0.3) is 5.91 Å². The van der Waals surface area contributed by atoms with Crippen molar-refractivity contribution >= 4 is 27.7 Å². The third-order valence-corrected chi connectivity index (χ3v) is 5.35. The van der Waals surface area contributed by atoms with Gasteiger partial charge in [-0.3, -0.25) is 9.59 Å². The Bertz CT molecular complexity index is 840. The van der Waals surface area contributed by atoms with Gasteiger partial charge in [0.1, 0.15) is 11.8 Å². The van der Waals surface area contributed by atoms with E-state index in [-0.39, 0.29) is 24.5 Å². The predicted molar refractivity (Wildman–Crippen MR) is 119 cm³/mol. The van der Waals surface area contributed by atoms with Gasteiger partial charge in [-0.15, -0.1) is 0 Å². The highest BCUT2D eigenvalue weighted by Gasteiger charge is 2.27. The quantitative estimate of drug-likeness (QED) is 0.600. The highest BCUT2D eigenvalue weighted by atomic mass is 79.9. The van der Waals surface area contributed by atoms with Crippen LogP contribution in [0.3, 0.4) is 0 Å². The van der Waals surface area contributed by atoms with Gasteiger partial charge in [-0.1, -0.05) is 53.2 Å². The number of hydrogen-bond donors (Lipinski definition) is 1. The van der Waals surface area contributed by atoms with Gasteiger partial charge < -0.3 is 15.0 Å². The zero-order valence-electron chi connectivity index (χ0n) is 17.4. The number of ether oxygens (including phenoxy) is 1. The summed E-state index contributed by atoms with van der Waals surface area (Å²) in [6.45, 7) is 7.84. The minimum absolute atomic E-state index is 0.0518. The zero-order valence-corrected chi connectivity index (χ0v) is 19.0. The average molecular weight is 461 g/mol. The zero-order chi connectivity index (χ0) is 21.4. The number of hydrogen-bond acceptors (Lipinski definition) is 3. The van der Waals surface area contributed by atoms with Crippen LogP contribution in [0.4, 0.5) is 0 Å². The van der Waals surface area contributed by atoms with Crippen molar-refractivity contribution in [2.24, 2.45) is 0 Å². The summed E-state index contributed by atoms with van der Waals surface area (Å²) in [7, 11) is 0. The number of carbonyl (C=O) groups is 2. The molecule has 0 heterocycles. The summed E-state index contributed by atoms with van der Waals surface area (Å²) in [5, 5.41) is 2.96. The first kappa shape index (κ1) is 22.9. The van der Waals surface area contributed by atoms with E-state index in [1.165, 1.54) is 0 Å². The van der Waals surface area contributed by atoms with Crippen molar-refractivity contribution in [3.63, 3.8) is 0 Å². The van der Waals surface area contributed by atoms with Crippen molar-refractivity contribution < 1.29 is 14.3 Å². The minimum atomic E-state index is -0.615. The lowest BCUT2D eigenvalue weighted by atomic mass is 10.1. The number of amides is 2. The number of rotatable bonds is 9. The van der Waals surface area contributed by atoms with Crippen LogP contribution in [0.2, 0.25) is 0 Å². The van der Waals surface area contributed by atoms with Crippen LogP contribution < -0.4 is 10.1 Å². The minimum Gasteiger partial charge on any atom is -0.484 e. The number of para-hydroxylation sites is 1. The van der Waals surface area contributed by atoms with Gasteiger partial charge in [-0.05, 0) is 56.5 Å². The van der Waals surface area contributed by atoms with Crippen molar-refractivity contribution in [3.8, 4) is 5.75 Å². The van der Waals surface area contributed by atoms with Crippen molar-refractivity contribution in [3.05, 3.63) is 64.1 Å². The van der Waals surface area contributed by atoms with Crippen molar-refractivity contribution in [2.45, 2.75) is 52.7 Å². The van der Waals surface area contributed by atoms with Crippen LogP contribution in [0.5, 0.6) is 5.75 Å². The van der Waals surface area contributed by atoms with E-state index in [0.29, 0.717) is 12.3 Å². The smallest absolute Gasteiger partial charge is 0.261 e. The van der Waals surface area contributed by atoms with E-state index in [1.54, 1.807) is 11.8 Å². The van der Waals surface area contributed by atoms with Gasteiger partial charge in [-0.2, -0.15) is 0 Å². The molecule has 0 unspecified atom stereocenters. The summed E-state index contributed by atoms with van der Waals surface area (Å²) in [6, 6.07) is 14.7. The number of carbonyl (C=O) groups excluding carboxylic acids is 2. The monoisotopic (exact) mass is 460 g/mol. The second-order valence-electron chi connectivity index (χ2n) is 7.20. The molecule has 0 aliphatic rings. The molecule has 0 aliphatic heterocycles. The van der Waals surface area contributed by atoms with E-state index in [4.69, 9.17) is 4.74 Å². The molecular formula is C23H29BrN2O3. The molecule has 0 fully saturated rings. The van der Waals surface area contributed by atoms with Gasteiger partial charge in [0.2, 0.25) is 5.91 Å². The number of nitrogens with one attached hydrogen (secondary N) is 1. The molecular weight excluding hydrogens is 432 g/mol. The molecule has 2 rings (SSSR count). The lowest BCUT2D eigenvalue weighted by molar-refractivity contribution is -0.142. The number of benzene rings is 2. The van der Waals surface area contributed by atoms with Crippen LogP contribution in [0, 0.1) is 6.92 Å². The topological polar surface area (TPSA) is 58.6 Å². The summed E-state index contributed by atoms with van der Waals surface area (Å²) in [5.41, 5.74) is 1.90. The fraction of sp³-hybridized carbons (Fsp3) is 0.391. The van der Waals surface area contributed by atoms with E-state index in [9.17, 15) is 9.59 Å². The van der Waals surface area contributed by atoms with Gasteiger partial charge >= 0.3 is 0 Å². The van der Waals surface area contributed by atoms with E-state index >= 15 is 0 Å². The van der Waals surface area contributed by atoms with E-state index in [2.05, 4.69) is 21.2 Å². The van der Waals surface area contributed by atoms with Gasteiger partial charge in [-0.25, -0.2) is 0 Å². The molecule has 2 aromatic rings. The molecule has 0 saturated carbocycles. The third-order valence-electron chi connectivity index (χ3n) is 4.86. The Hall–Kier alpha value is -2.34. The van der Waals surface area contributed by atoms with Gasteiger partial charge in [0.05, 0.1) is 0 Å². The maximum atomic E-state index is 13.0. The fourth-order valence-electron chi connectivity index (χ4n) is 2.82. The van der Waals surface area contributed by atoms with E-state index < -0.39 is 6.04 Å². The first-order valence-corrected chi connectivity index (χ1v) is 10.6.